The van der Waals surface area contributed by atoms with Crippen LogP contribution in [0.2, 0.25) is 5.02 Å². The Balaban J connectivity index is 1.58. The lowest BCUT2D eigenvalue weighted by molar-refractivity contribution is -0.120. The molecule has 2 aromatic rings. The van der Waals surface area contributed by atoms with Crippen LogP contribution in [0, 0.1) is 5.92 Å². The molecule has 1 saturated heterocycles. The van der Waals surface area contributed by atoms with Crippen molar-refractivity contribution in [2.45, 2.75) is 32.6 Å². The number of anilines is 2. The molecule has 1 aromatic carbocycles. The van der Waals surface area contributed by atoms with Crippen molar-refractivity contribution in [2.24, 2.45) is 5.92 Å². The molecule has 2 N–H and O–H groups in total. The second-order valence-corrected chi connectivity index (χ2v) is 6.94. The number of halogens is 1. The normalized spacial score (nSPS) is 15.6. The van der Waals surface area contributed by atoms with Crippen molar-refractivity contribution < 1.29 is 14.4 Å². The first kappa shape index (κ1) is 17.5. The van der Waals surface area contributed by atoms with Crippen LogP contribution in [0.15, 0.2) is 22.7 Å². The first-order chi connectivity index (χ1) is 11.9. The average molecular weight is 365 g/mol. The number of rotatable bonds is 4. The van der Waals surface area contributed by atoms with Gasteiger partial charge in [-0.3, -0.25) is 4.79 Å². The van der Waals surface area contributed by atoms with Crippen LogP contribution in [0.3, 0.4) is 0 Å². The fourth-order valence-electron chi connectivity index (χ4n) is 2.77. The number of carbonyl (C=O) groups excluding carboxylic acids is 1. The van der Waals surface area contributed by atoms with Crippen molar-refractivity contribution in [3.63, 3.8) is 0 Å². The number of phenols is 1. The Labute approximate surface area is 151 Å². The van der Waals surface area contributed by atoms with Crippen molar-refractivity contribution >= 4 is 29.2 Å². The number of nitrogens with one attached hydrogen (secondary N) is 1. The van der Waals surface area contributed by atoms with Gasteiger partial charge >= 0.3 is 6.01 Å². The van der Waals surface area contributed by atoms with Gasteiger partial charge in [0.05, 0.1) is 5.69 Å². The molecule has 8 heteroatoms. The number of hydrogen-bond donors (Lipinski definition) is 2. The minimum Gasteiger partial charge on any atom is -0.506 e. The summed E-state index contributed by atoms with van der Waals surface area (Å²) >= 11 is 5.90. The van der Waals surface area contributed by atoms with Gasteiger partial charge in [-0.25, -0.2) is 0 Å². The second-order valence-electron chi connectivity index (χ2n) is 6.50. The fraction of sp³-hybridized carbons (Fsp3) is 0.471. The number of benzene rings is 1. The molecule has 1 aliphatic heterocycles. The van der Waals surface area contributed by atoms with Gasteiger partial charge in [-0.2, -0.15) is 4.98 Å². The number of piperidine rings is 1. The van der Waals surface area contributed by atoms with Crippen LogP contribution in [0.25, 0.3) is 0 Å². The van der Waals surface area contributed by atoms with E-state index < -0.39 is 0 Å². The molecule has 0 atom stereocenters. The standard InChI is InChI=1S/C17H21ClN4O3/c1-10(2)15-20-17(25-21-15)22-7-5-11(6-8-22)16(24)19-13-9-12(18)3-4-14(13)23/h3-4,9-11,23H,5-8H2,1-2H3,(H,19,24). The number of aromatic hydroxyl groups is 1. The Morgan fingerprint density at radius 3 is 2.76 bits per heavy atom. The van der Waals surface area contributed by atoms with Crippen molar-refractivity contribution in [1.82, 2.24) is 10.1 Å². The number of aromatic nitrogens is 2. The highest BCUT2D eigenvalue weighted by atomic mass is 35.5. The van der Waals surface area contributed by atoms with Crippen LogP contribution >= 0.6 is 11.6 Å². The molecular weight excluding hydrogens is 344 g/mol. The van der Waals surface area contributed by atoms with Crippen LogP contribution in [-0.4, -0.2) is 34.2 Å². The summed E-state index contributed by atoms with van der Waals surface area (Å²) in [4.78, 5) is 18.8. The molecule has 0 unspecified atom stereocenters. The van der Waals surface area contributed by atoms with E-state index in [0.717, 1.165) is 0 Å². The minimum absolute atomic E-state index is 0.00209. The summed E-state index contributed by atoms with van der Waals surface area (Å²) < 4.78 is 5.30. The highest BCUT2D eigenvalue weighted by Gasteiger charge is 2.28. The molecule has 1 aliphatic rings. The molecule has 1 fully saturated rings. The third kappa shape index (κ3) is 4.04. The molecule has 1 aromatic heterocycles. The van der Waals surface area contributed by atoms with E-state index in [4.69, 9.17) is 16.1 Å². The summed E-state index contributed by atoms with van der Waals surface area (Å²) in [6, 6.07) is 5.08. The van der Waals surface area contributed by atoms with Crippen molar-refractivity contribution in [3.05, 3.63) is 29.0 Å². The van der Waals surface area contributed by atoms with E-state index in [1.807, 2.05) is 18.7 Å². The van der Waals surface area contributed by atoms with Gasteiger partial charge in [-0.05, 0) is 31.0 Å². The zero-order valence-electron chi connectivity index (χ0n) is 14.2. The zero-order chi connectivity index (χ0) is 18.0. The van der Waals surface area contributed by atoms with Crippen molar-refractivity contribution in [3.8, 4) is 5.75 Å². The van der Waals surface area contributed by atoms with Gasteiger partial charge in [0.25, 0.3) is 0 Å². The highest BCUT2D eigenvalue weighted by Crippen LogP contribution is 2.29. The van der Waals surface area contributed by atoms with Gasteiger partial charge in [0.15, 0.2) is 5.82 Å². The topological polar surface area (TPSA) is 91.5 Å². The molecule has 25 heavy (non-hydrogen) atoms. The van der Waals surface area contributed by atoms with Crippen LogP contribution in [-0.2, 0) is 4.79 Å². The van der Waals surface area contributed by atoms with E-state index in [2.05, 4.69) is 15.5 Å². The van der Waals surface area contributed by atoms with Gasteiger partial charge in [0, 0.05) is 29.9 Å². The maximum Gasteiger partial charge on any atom is 0.324 e. The lowest BCUT2D eigenvalue weighted by Gasteiger charge is -2.29. The quantitative estimate of drug-likeness (QED) is 0.808. The molecule has 1 amide bonds. The van der Waals surface area contributed by atoms with Crippen molar-refractivity contribution in [1.29, 1.82) is 0 Å². The molecule has 134 valence electrons. The number of phenolic OH excluding ortho intramolecular Hbond substituents is 1. The number of amides is 1. The summed E-state index contributed by atoms with van der Waals surface area (Å²) in [5.74, 6) is 0.646. The largest absolute Gasteiger partial charge is 0.506 e. The highest BCUT2D eigenvalue weighted by molar-refractivity contribution is 6.31. The smallest absolute Gasteiger partial charge is 0.324 e. The number of hydrogen-bond acceptors (Lipinski definition) is 6. The number of carbonyl (C=O) groups is 1. The lowest BCUT2D eigenvalue weighted by atomic mass is 9.96. The van der Waals surface area contributed by atoms with Gasteiger partial charge in [-0.15, -0.1) is 0 Å². The molecule has 3 rings (SSSR count). The lowest BCUT2D eigenvalue weighted by Crippen LogP contribution is -2.38. The second kappa shape index (κ2) is 7.31. The Morgan fingerprint density at radius 2 is 2.12 bits per heavy atom. The third-order valence-electron chi connectivity index (χ3n) is 4.30. The van der Waals surface area contributed by atoms with E-state index in [1.165, 1.54) is 12.1 Å². The molecule has 0 radical (unpaired) electrons. The average Bonchev–Trinajstić information content (AvgIpc) is 3.08. The minimum atomic E-state index is -0.137. The maximum absolute atomic E-state index is 12.4. The Morgan fingerprint density at radius 1 is 1.40 bits per heavy atom. The molecular formula is C17H21ClN4O3. The van der Waals surface area contributed by atoms with Crippen molar-refractivity contribution in [2.75, 3.05) is 23.3 Å². The number of nitrogens with zero attached hydrogens (tertiary/aromatic N) is 3. The first-order valence-corrected chi connectivity index (χ1v) is 8.69. The zero-order valence-corrected chi connectivity index (χ0v) is 15.0. The van der Waals surface area contributed by atoms with Gasteiger partial charge in [0.2, 0.25) is 5.91 Å². The van der Waals surface area contributed by atoms with Crippen LogP contribution in [0.4, 0.5) is 11.7 Å². The summed E-state index contributed by atoms with van der Waals surface area (Å²) in [5.41, 5.74) is 0.332. The van der Waals surface area contributed by atoms with E-state index in [9.17, 15) is 9.90 Å². The Bertz CT molecular complexity index is 754. The maximum atomic E-state index is 12.4. The first-order valence-electron chi connectivity index (χ1n) is 8.32. The Hall–Kier alpha value is -2.28. The summed E-state index contributed by atoms with van der Waals surface area (Å²) in [6.45, 7) is 5.35. The van der Waals surface area contributed by atoms with E-state index in [1.54, 1.807) is 6.07 Å². The summed E-state index contributed by atoms with van der Waals surface area (Å²) in [7, 11) is 0. The van der Waals surface area contributed by atoms with Crippen LogP contribution < -0.4 is 10.2 Å². The van der Waals surface area contributed by atoms with Crippen LogP contribution in [0.1, 0.15) is 38.4 Å². The van der Waals surface area contributed by atoms with E-state index >= 15 is 0 Å². The summed E-state index contributed by atoms with van der Waals surface area (Å²) in [5, 5.41) is 17.0. The molecule has 2 heterocycles. The Kier molecular flexibility index (Phi) is 5.13. The molecule has 0 bridgehead atoms. The molecule has 0 spiro atoms. The van der Waals surface area contributed by atoms with E-state index in [0.29, 0.717) is 48.5 Å². The van der Waals surface area contributed by atoms with Crippen LogP contribution in [0.5, 0.6) is 5.75 Å². The van der Waals surface area contributed by atoms with Gasteiger partial charge < -0.3 is 19.8 Å². The predicted molar refractivity (Wildman–Crippen MR) is 95.1 cm³/mol. The third-order valence-corrected chi connectivity index (χ3v) is 4.54. The van der Waals surface area contributed by atoms with Gasteiger partial charge in [0.1, 0.15) is 5.75 Å². The predicted octanol–water partition coefficient (Wildman–Crippen LogP) is 3.41. The van der Waals surface area contributed by atoms with Gasteiger partial charge in [-0.1, -0.05) is 30.6 Å². The van der Waals surface area contributed by atoms with E-state index in [-0.39, 0.29) is 23.5 Å². The fourth-order valence-corrected chi connectivity index (χ4v) is 2.94. The molecule has 0 aliphatic carbocycles. The molecule has 7 nitrogen and oxygen atoms in total. The molecule has 0 saturated carbocycles. The summed E-state index contributed by atoms with van der Waals surface area (Å²) in [6.07, 6.45) is 1.35. The SMILES string of the molecule is CC(C)c1noc(N2CCC(C(=O)Nc3cc(Cl)ccc3O)CC2)n1. The monoisotopic (exact) mass is 364 g/mol.